The van der Waals surface area contributed by atoms with E-state index in [2.05, 4.69) is 40.0 Å². The minimum Gasteiger partial charge on any atom is -0.481 e. The number of rotatable bonds is 4. The van der Waals surface area contributed by atoms with Crippen LogP contribution in [0.2, 0.25) is 0 Å². The van der Waals surface area contributed by atoms with E-state index in [4.69, 9.17) is 4.74 Å². The van der Waals surface area contributed by atoms with E-state index in [1.165, 1.54) is 5.56 Å². The van der Waals surface area contributed by atoms with Crippen LogP contribution in [0.25, 0.3) is 0 Å². The minimum absolute atomic E-state index is 0.0323. The summed E-state index contributed by atoms with van der Waals surface area (Å²) in [5.41, 5.74) is 1.17. The number of amides is 1. The zero-order valence-corrected chi connectivity index (χ0v) is 16.1. The van der Waals surface area contributed by atoms with Crippen molar-refractivity contribution in [3.63, 3.8) is 0 Å². The number of benzene rings is 2. The molecule has 3 rings (SSSR count). The second-order valence-corrected chi connectivity index (χ2v) is 7.35. The largest absolute Gasteiger partial charge is 0.481 e. The summed E-state index contributed by atoms with van der Waals surface area (Å²) in [6.45, 7) is 4.24. The zero-order valence-electron chi connectivity index (χ0n) is 14.6. The Kier molecular flexibility index (Phi) is 5.76. The molecule has 2 atom stereocenters. The minimum atomic E-state index is -0.518. The van der Waals surface area contributed by atoms with Crippen molar-refractivity contribution in [2.45, 2.75) is 19.1 Å². The van der Waals surface area contributed by atoms with Gasteiger partial charge in [-0.25, -0.2) is 0 Å². The molecule has 1 fully saturated rings. The zero-order chi connectivity index (χ0) is 17.8. The monoisotopic (exact) mass is 402 g/mol. The molecule has 132 valence electrons. The standard InChI is InChI=1S/C20H23BrN2O2/c1-15(25-18-10-8-17(21)9-11-18)20(24)23-13-12-22(2)14-19(23)16-6-4-3-5-7-16/h3-11,15,19H,12-14H2,1-2H3/t15-,19+/m0/s1. The molecule has 0 radical (unpaired) electrons. The Balaban J connectivity index is 1.75. The average molecular weight is 403 g/mol. The van der Waals surface area contributed by atoms with Gasteiger partial charge in [0.25, 0.3) is 5.91 Å². The maximum Gasteiger partial charge on any atom is 0.263 e. The molecule has 2 aromatic carbocycles. The third-order valence-corrected chi connectivity index (χ3v) is 5.05. The Morgan fingerprint density at radius 1 is 1.12 bits per heavy atom. The summed E-state index contributed by atoms with van der Waals surface area (Å²) < 4.78 is 6.86. The fraction of sp³-hybridized carbons (Fsp3) is 0.350. The van der Waals surface area contributed by atoms with Gasteiger partial charge in [-0.1, -0.05) is 46.3 Å². The highest BCUT2D eigenvalue weighted by Gasteiger charge is 2.33. The Hall–Kier alpha value is -1.85. The van der Waals surface area contributed by atoms with Gasteiger partial charge in [-0.2, -0.15) is 0 Å². The highest BCUT2D eigenvalue weighted by Crippen LogP contribution is 2.26. The van der Waals surface area contributed by atoms with Crippen LogP contribution in [0.4, 0.5) is 0 Å². The number of nitrogens with zero attached hydrogens (tertiary/aromatic N) is 2. The van der Waals surface area contributed by atoms with Gasteiger partial charge in [0.05, 0.1) is 6.04 Å². The summed E-state index contributed by atoms with van der Waals surface area (Å²) in [7, 11) is 2.10. The summed E-state index contributed by atoms with van der Waals surface area (Å²) in [5.74, 6) is 0.735. The van der Waals surface area contributed by atoms with E-state index in [9.17, 15) is 4.79 Å². The second kappa shape index (κ2) is 8.02. The molecule has 0 aromatic heterocycles. The van der Waals surface area contributed by atoms with E-state index < -0.39 is 6.10 Å². The summed E-state index contributed by atoms with van der Waals surface area (Å²) in [6, 6.07) is 17.8. The van der Waals surface area contributed by atoms with E-state index in [0.717, 1.165) is 17.6 Å². The molecule has 1 aliphatic rings. The molecule has 0 saturated carbocycles. The van der Waals surface area contributed by atoms with E-state index >= 15 is 0 Å². The number of carbonyl (C=O) groups excluding carboxylic acids is 1. The lowest BCUT2D eigenvalue weighted by Gasteiger charge is -2.41. The Morgan fingerprint density at radius 3 is 2.48 bits per heavy atom. The van der Waals surface area contributed by atoms with Crippen molar-refractivity contribution in [3.05, 3.63) is 64.6 Å². The van der Waals surface area contributed by atoms with Gasteiger partial charge in [0.1, 0.15) is 5.75 Å². The van der Waals surface area contributed by atoms with Gasteiger partial charge in [-0.3, -0.25) is 4.79 Å². The topological polar surface area (TPSA) is 32.8 Å². The maximum absolute atomic E-state index is 13.0. The van der Waals surface area contributed by atoms with Gasteiger partial charge in [0.2, 0.25) is 0 Å². The number of hydrogen-bond donors (Lipinski definition) is 0. The van der Waals surface area contributed by atoms with E-state index in [1.54, 1.807) is 0 Å². The molecule has 1 saturated heterocycles. The van der Waals surface area contributed by atoms with Crippen LogP contribution in [0.3, 0.4) is 0 Å². The lowest BCUT2D eigenvalue weighted by Crippen LogP contribution is -2.52. The molecule has 25 heavy (non-hydrogen) atoms. The first-order valence-electron chi connectivity index (χ1n) is 8.51. The van der Waals surface area contributed by atoms with Gasteiger partial charge < -0.3 is 14.5 Å². The number of ether oxygens (including phenoxy) is 1. The molecule has 1 aliphatic heterocycles. The van der Waals surface area contributed by atoms with Gasteiger partial charge >= 0.3 is 0 Å². The van der Waals surface area contributed by atoms with E-state index in [-0.39, 0.29) is 11.9 Å². The number of carbonyl (C=O) groups is 1. The lowest BCUT2D eigenvalue weighted by molar-refractivity contribution is -0.143. The van der Waals surface area contributed by atoms with Crippen molar-refractivity contribution in [1.29, 1.82) is 0 Å². The average Bonchev–Trinajstić information content (AvgIpc) is 2.63. The first kappa shape index (κ1) is 18.0. The van der Waals surface area contributed by atoms with Crippen LogP contribution in [0.1, 0.15) is 18.5 Å². The van der Waals surface area contributed by atoms with E-state index in [1.807, 2.05) is 54.3 Å². The van der Waals surface area contributed by atoms with Crippen LogP contribution in [0.15, 0.2) is 59.1 Å². The molecule has 5 heteroatoms. The molecule has 4 nitrogen and oxygen atoms in total. The molecule has 0 aliphatic carbocycles. The quantitative estimate of drug-likeness (QED) is 0.780. The molecule has 0 N–H and O–H groups in total. The Bertz CT molecular complexity index is 705. The molecule has 0 spiro atoms. The summed E-state index contributed by atoms with van der Waals surface area (Å²) in [6.07, 6.45) is -0.518. The number of piperazine rings is 1. The van der Waals surface area contributed by atoms with Crippen molar-refractivity contribution in [3.8, 4) is 5.75 Å². The van der Waals surface area contributed by atoms with Crippen molar-refractivity contribution < 1.29 is 9.53 Å². The third-order valence-electron chi connectivity index (χ3n) is 4.53. The highest BCUT2D eigenvalue weighted by molar-refractivity contribution is 9.10. The molecule has 2 aromatic rings. The number of likely N-dealkylation sites (N-methyl/N-ethyl adjacent to an activating group) is 1. The summed E-state index contributed by atoms with van der Waals surface area (Å²) in [4.78, 5) is 17.3. The maximum atomic E-state index is 13.0. The number of halogens is 1. The van der Waals surface area contributed by atoms with Crippen LogP contribution < -0.4 is 4.74 Å². The first-order valence-corrected chi connectivity index (χ1v) is 9.30. The predicted octanol–water partition coefficient (Wildman–Crippen LogP) is 3.73. The summed E-state index contributed by atoms with van der Waals surface area (Å²) in [5, 5.41) is 0. The van der Waals surface area contributed by atoms with Crippen LogP contribution in [0.5, 0.6) is 5.75 Å². The van der Waals surface area contributed by atoms with Gasteiger partial charge in [0, 0.05) is 24.1 Å². The van der Waals surface area contributed by atoms with Crippen molar-refractivity contribution >= 4 is 21.8 Å². The fourth-order valence-corrected chi connectivity index (χ4v) is 3.41. The second-order valence-electron chi connectivity index (χ2n) is 6.43. The van der Waals surface area contributed by atoms with Gasteiger partial charge in [-0.05, 0) is 43.8 Å². The fourth-order valence-electron chi connectivity index (χ4n) is 3.14. The summed E-state index contributed by atoms with van der Waals surface area (Å²) >= 11 is 3.41. The highest BCUT2D eigenvalue weighted by atomic mass is 79.9. The van der Waals surface area contributed by atoms with Gasteiger partial charge in [-0.15, -0.1) is 0 Å². The van der Waals surface area contributed by atoms with Crippen LogP contribution in [0, 0.1) is 0 Å². The van der Waals surface area contributed by atoms with E-state index in [0.29, 0.717) is 12.3 Å². The molecular weight excluding hydrogens is 380 g/mol. The van der Waals surface area contributed by atoms with Crippen LogP contribution >= 0.6 is 15.9 Å². The van der Waals surface area contributed by atoms with Crippen LogP contribution in [-0.4, -0.2) is 48.5 Å². The van der Waals surface area contributed by atoms with Crippen molar-refractivity contribution in [2.24, 2.45) is 0 Å². The molecular formula is C20H23BrN2O2. The predicted molar refractivity (Wildman–Crippen MR) is 103 cm³/mol. The Morgan fingerprint density at radius 2 is 1.80 bits per heavy atom. The molecule has 0 unspecified atom stereocenters. The smallest absolute Gasteiger partial charge is 0.263 e. The SMILES string of the molecule is C[C@H](Oc1ccc(Br)cc1)C(=O)N1CCN(C)C[C@@H]1c1ccccc1. The lowest BCUT2D eigenvalue weighted by atomic mass is 10.0. The van der Waals surface area contributed by atoms with Crippen molar-refractivity contribution in [1.82, 2.24) is 9.80 Å². The molecule has 1 heterocycles. The van der Waals surface area contributed by atoms with Crippen molar-refractivity contribution in [2.75, 3.05) is 26.7 Å². The normalized spacial score (nSPS) is 19.5. The number of hydrogen-bond acceptors (Lipinski definition) is 3. The molecule has 1 amide bonds. The molecule has 0 bridgehead atoms. The Labute approximate surface area is 157 Å². The van der Waals surface area contributed by atoms with Crippen LogP contribution in [-0.2, 0) is 4.79 Å². The first-order chi connectivity index (χ1) is 12.0. The third kappa shape index (κ3) is 4.41. The van der Waals surface area contributed by atoms with Gasteiger partial charge in [0.15, 0.2) is 6.10 Å².